The minimum absolute atomic E-state index is 0.159. The first-order valence-corrected chi connectivity index (χ1v) is 14.9. The number of hydrogen-bond acceptors (Lipinski definition) is 6. The second kappa shape index (κ2) is 13.1. The molecule has 1 atom stereocenters. The van der Waals surface area contributed by atoms with Gasteiger partial charge in [0.1, 0.15) is 11.8 Å². The Kier molecular flexibility index (Phi) is 9.33. The molecule has 208 valence electrons. The predicted octanol–water partition coefficient (Wildman–Crippen LogP) is 3.58. The van der Waals surface area contributed by atoms with Crippen LogP contribution >= 0.6 is 0 Å². The molecule has 8 nitrogen and oxygen atoms in total. The van der Waals surface area contributed by atoms with Gasteiger partial charge in [-0.3, -0.25) is 19.7 Å². The Bertz CT molecular complexity index is 984. The maximum Gasteiger partial charge on any atom is 0.255 e. The molecule has 38 heavy (non-hydrogen) atoms. The lowest BCUT2D eigenvalue weighted by Gasteiger charge is -2.34. The number of piperazine rings is 1. The van der Waals surface area contributed by atoms with E-state index in [4.69, 9.17) is 4.74 Å². The van der Waals surface area contributed by atoms with Crippen LogP contribution in [0.5, 0.6) is 5.75 Å². The SMILES string of the molecule is O=C1CCC(N2Cc3c(OCCCCN4CCN(CCCCC5CCCC5)CC4)cccc3C2=O)C(=O)N1. The standard InChI is InChI=1S/C30H44N4O4/c35-28-14-13-26(29(36)31-28)34-22-25-24(30(34)37)11-7-12-27(25)38-21-6-5-16-33-19-17-32(18-20-33)15-4-3-10-23-8-1-2-9-23/h7,11-12,23,26H,1-6,8-10,13-22H2,(H,31,35,36). The van der Waals surface area contributed by atoms with Gasteiger partial charge < -0.3 is 19.4 Å². The van der Waals surface area contributed by atoms with Crippen LogP contribution < -0.4 is 10.1 Å². The lowest BCUT2D eigenvalue weighted by molar-refractivity contribution is -0.136. The number of nitrogens with zero attached hydrogens (tertiary/aromatic N) is 3. The van der Waals surface area contributed by atoms with Gasteiger partial charge >= 0.3 is 0 Å². The Hall–Kier alpha value is -2.45. The summed E-state index contributed by atoms with van der Waals surface area (Å²) < 4.78 is 6.11. The van der Waals surface area contributed by atoms with Gasteiger partial charge in [-0.05, 0) is 56.8 Å². The van der Waals surface area contributed by atoms with Crippen LogP contribution in [0.2, 0.25) is 0 Å². The highest BCUT2D eigenvalue weighted by atomic mass is 16.5. The molecule has 3 fully saturated rings. The largest absolute Gasteiger partial charge is 0.493 e. The number of nitrogens with one attached hydrogen (secondary N) is 1. The van der Waals surface area contributed by atoms with E-state index in [1.165, 1.54) is 64.6 Å². The van der Waals surface area contributed by atoms with Gasteiger partial charge in [0.05, 0.1) is 13.2 Å². The Labute approximate surface area is 227 Å². The molecule has 3 amide bonds. The number of piperidine rings is 1. The van der Waals surface area contributed by atoms with Crippen molar-refractivity contribution in [1.29, 1.82) is 0 Å². The number of unbranched alkanes of at least 4 members (excludes halogenated alkanes) is 2. The van der Waals surface area contributed by atoms with E-state index >= 15 is 0 Å². The number of hydrogen-bond donors (Lipinski definition) is 1. The number of carbonyl (C=O) groups is 3. The molecule has 1 aromatic rings. The number of amides is 3. The molecule has 0 spiro atoms. The van der Waals surface area contributed by atoms with E-state index in [0.29, 0.717) is 25.1 Å². The van der Waals surface area contributed by atoms with Crippen LogP contribution in [0, 0.1) is 5.92 Å². The highest BCUT2D eigenvalue weighted by Gasteiger charge is 2.40. The maximum absolute atomic E-state index is 13.0. The van der Waals surface area contributed by atoms with Gasteiger partial charge in [0, 0.05) is 43.7 Å². The fourth-order valence-corrected chi connectivity index (χ4v) is 6.62. The first-order chi connectivity index (χ1) is 18.6. The van der Waals surface area contributed by atoms with Crippen LogP contribution in [0.15, 0.2) is 18.2 Å². The average Bonchev–Trinajstić information content (AvgIpc) is 3.56. The van der Waals surface area contributed by atoms with Gasteiger partial charge in [0.25, 0.3) is 5.91 Å². The summed E-state index contributed by atoms with van der Waals surface area (Å²) in [4.78, 5) is 43.6. The Morgan fingerprint density at radius 2 is 1.58 bits per heavy atom. The number of rotatable bonds is 12. The zero-order valence-electron chi connectivity index (χ0n) is 22.8. The molecule has 1 saturated carbocycles. The first-order valence-electron chi connectivity index (χ1n) is 14.9. The quantitative estimate of drug-likeness (QED) is 0.333. The summed E-state index contributed by atoms with van der Waals surface area (Å²) in [5.74, 6) is 0.935. The molecule has 5 rings (SSSR count). The predicted molar refractivity (Wildman–Crippen MR) is 146 cm³/mol. The lowest BCUT2D eigenvalue weighted by Crippen LogP contribution is -2.52. The van der Waals surface area contributed by atoms with Crippen molar-refractivity contribution in [1.82, 2.24) is 20.0 Å². The van der Waals surface area contributed by atoms with Crippen molar-refractivity contribution < 1.29 is 19.1 Å². The lowest BCUT2D eigenvalue weighted by atomic mass is 10.0. The second-order valence-electron chi connectivity index (χ2n) is 11.6. The van der Waals surface area contributed by atoms with E-state index in [0.717, 1.165) is 49.7 Å². The molecular weight excluding hydrogens is 480 g/mol. The summed E-state index contributed by atoms with van der Waals surface area (Å²) in [6.45, 7) is 8.03. The van der Waals surface area contributed by atoms with E-state index in [-0.39, 0.29) is 24.1 Å². The van der Waals surface area contributed by atoms with Crippen LogP contribution in [-0.4, -0.2) is 84.3 Å². The molecule has 0 aromatic heterocycles. The summed E-state index contributed by atoms with van der Waals surface area (Å²) in [6.07, 6.45) is 12.8. The normalized spacial score (nSPS) is 23.2. The minimum atomic E-state index is -0.599. The smallest absolute Gasteiger partial charge is 0.255 e. The molecule has 2 saturated heterocycles. The van der Waals surface area contributed by atoms with Crippen LogP contribution in [-0.2, 0) is 16.1 Å². The molecule has 0 radical (unpaired) electrons. The Balaban J connectivity index is 0.975. The number of fused-ring (bicyclic) bond motifs is 1. The molecule has 1 aromatic carbocycles. The molecule has 1 aliphatic carbocycles. The van der Waals surface area contributed by atoms with Gasteiger partial charge in [-0.1, -0.05) is 44.6 Å². The molecule has 3 heterocycles. The monoisotopic (exact) mass is 524 g/mol. The molecule has 0 bridgehead atoms. The van der Waals surface area contributed by atoms with Crippen molar-refractivity contribution in [3.63, 3.8) is 0 Å². The van der Waals surface area contributed by atoms with Crippen molar-refractivity contribution >= 4 is 17.7 Å². The van der Waals surface area contributed by atoms with E-state index in [2.05, 4.69) is 15.1 Å². The van der Waals surface area contributed by atoms with Crippen LogP contribution in [0.25, 0.3) is 0 Å². The van der Waals surface area contributed by atoms with Crippen LogP contribution in [0.1, 0.15) is 86.6 Å². The summed E-state index contributed by atoms with van der Waals surface area (Å²) in [5, 5.41) is 2.36. The topological polar surface area (TPSA) is 82.2 Å². The van der Waals surface area contributed by atoms with Crippen LogP contribution in [0.4, 0.5) is 0 Å². The van der Waals surface area contributed by atoms with Gasteiger partial charge in [0.15, 0.2) is 0 Å². The number of ether oxygens (including phenoxy) is 1. The molecule has 8 heteroatoms. The van der Waals surface area contributed by atoms with E-state index in [1.807, 2.05) is 12.1 Å². The number of benzene rings is 1. The number of carbonyl (C=O) groups excluding carboxylic acids is 3. The molecule has 1 N–H and O–H groups in total. The highest BCUT2D eigenvalue weighted by Crippen LogP contribution is 2.33. The summed E-state index contributed by atoms with van der Waals surface area (Å²) in [6, 6.07) is 4.95. The second-order valence-corrected chi connectivity index (χ2v) is 11.6. The third-order valence-electron chi connectivity index (χ3n) is 8.94. The van der Waals surface area contributed by atoms with Gasteiger partial charge in [-0.2, -0.15) is 0 Å². The Morgan fingerprint density at radius 1 is 0.868 bits per heavy atom. The molecule has 1 unspecified atom stereocenters. The van der Waals surface area contributed by atoms with E-state index < -0.39 is 6.04 Å². The summed E-state index contributed by atoms with van der Waals surface area (Å²) in [5.41, 5.74) is 1.45. The fraction of sp³-hybridized carbons (Fsp3) is 0.700. The van der Waals surface area contributed by atoms with Crippen molar-refractivity contribution in [3.8, 4) is 5.75 Å². The molecule has 4 aliphatic rings. The van der Waals surface area contributed by atoms with Crippen molar-refractivity contribution in [2.24, 2.45) is 5.92 Å². The first kappa shape index (κ1) is 27.1. The zero-order valence-corrected chi connectivity index (χ0v) is 22.8. The summed E-state index contributed by atoms with van der Waals surface area (Å²) >= 11 is 0. The maximum atomic E-state index is 13.0. The van der Waals surface area contributed by atoms with Crippen molar-refractivity contribution in [2.45, 2.75) is 83.2 Å². The third-order valence-corrected chi connectivity index (χ3v) is 8.94. The van der Waals surface area contributed by atoms with Gasteiger partial charge in [0.2, 0.25) is 11.8 Å². The van der Waals surface area contributed by atoms with E-state index in [9.17, 15) is 14.4 Å². The Morgan fingerprint density at radius 3 is 2.29 bits per heavy atom. The van der Waals surface area contributed by atoms with Crippen molar-refractivity contribution in [3.05, 3.63) is 29.3 Å². The molecule has 3 aliphatic heterocycles. The van der Waals surface area contributed by atoms with Crippen molar-refractivity contribution in [2.75, 3.05) is 45.9 Å². The van der Waals surface area contributed by atoms with Crippen LogP contribution in [0.3, 0.4) is 0 Å². The highest BCUT2D eigenvalue weighted by molar-refractivity contribution is 6.05. The molecular formula is C30H44N4O4. The zero-order chi connectivity index (χ0) is 26.3. The van der Waals surface area contributed by atoms with Gasteiger partial charge in [-0.25, -0.2) is 0 Å². The fourth-order valence-electron chi connectivity index (χ4n) is 6.62. The number of imide groups is 1. The van der Waals surface area contributed by atoms with Gasteiger partial charge in [-0.15, -0.1) is 0 Å². The third kappa shape index (κ3) is 6.75. The average molecular weight is 525 g/mol. The summed E-state index contributed by atoms with van der Waals surface area (Å²) in [7, 11) is 0. The van der Waals surface area contributed by atoms with E-state index in [1.54, 1.807) is 11.0 Å². The minimum Gasteiger partial charge on any atom is -0.493 e.